The van der Waals surface area contributed by atoms with Gasteiger partial charge in [-0.05, 0) is 42.1 Å². The number of nitrogens with zero attached hydrogens (tertiary/aromatic N) is 2. The molecule has 0 radical (unpaired) electrons. The summed E-state index contributed by atoms with van der Waals surface area (Å²) in [5.74, 6) is 0.0698. The van der Waals surface area contributed by atoms with E-state index in [0.717, 1.165) is 33.1 Å². The zero-order valence-corrected chi connectivity index (χ0v) is 17.0. The number of carbonyl (C=O) groups is 1. The Labute approximate surface area is 171 Å². The summed E-state index contributed by atoms with van der Waals surface area (Å²) < 4.78 is 29.1. The van der Waals surface area contributed by atoms with Crippen LogP contribution in [0.1, 0.15) is 12.8 Å². The third-order valence-corrected chi connectivity index (χ3v) is 7.46. The molecule has 146 valence electrons. The summed E-state index contributed by atoms with van der Waals surface area (Å²) >= 11 is 1.30. The lowest BCUT2D eigenvalue weighted by molar-refractivity contribution is -0.117. The Morgan fingerprint density at radius 3 is 2.55 bits per heavy atom. The molecule has 8 heteroatoms. The summed E-state index contributed by atoms with van der Waals surface area (Å²) in [6.45, 7) is 0.669. The van der Waals surface area contributed by atoms with Crippen molar-refractivity contribution in [2.45, 2.75) is 17.7 Å². The van der Waals surface area contributed by atoms with Gasteiger partial charge in [0.2, 0.25) is 5.91 Å². The van der Waals surface area contributed by atoms with Crippen molar-refractivity contribution in [2.75, 3.05) is 16.2 Å². The summed E-state index contributed by atoms with van der Waals surface area (Å²) in [5, 5.41) is 2.38. The van der Waals surface area contributed by atoms with E-state index in [1.807, 2.05) is 36.4 Å². The topological polar surface area (TPSA) is 79.4 Å². The number of amides is 1. The number of sulfonamides is 1. The number of thiazole rings is 1. The van der Waals surface area contributed by atoms with Gasteiger partial charge in [-0.15, -0.1) is 0 Å². The molecule has 3 aromatic carbocycles. The number of hydrogen-bond acceptors (Lipinski definition) is 5. The third-order valence-electron chi connectivity index (χ3n) is 5.04. The number of fused-ring (bicyclic) bond motifs is 3. The summed E-state index contributed by atoms with van der Waals surface area (Å²) in [7, 11) is -3.77. The molecule has 0 unspecified atom stereocenters. The summed E-state index contributed by atoms with van der Waals surface area (Å²) in [6, 6.07) is 18.2. The molecule has 1 aliphatic heterocycles. The molecular formula is C21H17N3O3S2. The monoisotopic (exact) mass is 423 g/mol. The highest BCUT2D eigenvalue weighted by Gasteiger charge is 2.23. The first-order chi connectivity index (χ1) is 14.0. The molecule has 0 bridgehead atoms. The van der Waals surface area contributed by atoms with Crippen LogP contribution < -0.4 is 9.62 Å². The zero-order valence-electron chi connectivity index (χ0n) is 15.3. The predicted molar refractivity (Wildman–Crippen MR) is 116 cm³/mol. The molecule has 0 atom stereocenters. The third kappa shape index (κ3) is 3.24. The minimum Gasteiger partial charge on any atom is -0.312 e. The molecule has 1 N–H and O–H groups in total. The fourth-order valence-corrected chi connectivity index (χ4v) is 5.72. The van der Waals surface area contributed by atoms with E-state index in [4.69, 9.17) is 0 Å². The Hall–Kier alpha value is -2.97. The standard InChI is InChI=1S/C21H17N3O3S2/c25-19-6-3-13-24(19)15-8-10-16(11-9-15)29(26,27)23-21-22-20-17-5-2-1-4-14(17)7-12-18(20)28-21/h1-2,4-5,7-12H,3,6,13H2,(H,22,23). The summed E-state index contributed by atoms with van der Waals surface area (Å²) in [6.07, 6.45) is 1.36. The normalized spacial score (nSPS) is 14.8. The highest BCUT2D eigenvalue weighted by molar-refractivity contribution is 7.93. The highest BCUT2D eigenvalue weighted by atomic mass is 32.2. The first kappa shape index (κ1) is 18.1. The van der Waals surface area contributed by atoms with Crippen molar-refractivity contribution in [3.63, 3.8) is 0 Å². The molecule has 6 nitrogen and oxygen atoms in total. The Morgan fingerprint density at radius 2 is 1.79 bits per heavy atom. The van der Waals surface area contributed by atoms with Gasteiger partial charge in [-0.2, -0.15) is 0 Å². The highest BCUT2D eigenvalue weighted by Crippen LogP contribution is 2.33. The Morgan fingerprint density at radius 1 is 1.00 bits per heavy atom. The maximum atomic E-state index is 12.8. The van der Waals surface area contributed by atoms with Crippen molar-refractivity contribution < 1.29 is 13.2 Å². The number of nitrogens with one attached hydrogen (secondary N) is 1. The summed E-state index contributed by atoms with van der Waals surface area (Å²) in [4.78, 5) is 18.2. The second-order valence-corrected chi connectivity index (χ2v) is 9.61. The first-order valence-electron chi connectivity index (χ1n) is 9.23. The van der Waals surface area contributed by atoms with Crippen molar-refractivity contribution in [3.05, 3.63) is 60.7 Å². The molecule has 4 aromatic rings. The molecule has 2 heterocycles. The lowest BCUT2D eigenvalue weighted by Crippen LogP contribution is -2.23. The molecule has 1 aromatic heterocycles. The van der Waals surface area contributed by atoms with Gasteiger partial charge >= 0.3 is 0 Å². The van der Waals surface area contributed by atoms with Gasteiger partial charge in [-0.1, -0.05) is 41.7 Å². The number of rotatable bonds is 4. The molecule has 0 spiro atoms. The molecule has 1 fully saturated rings. The van der Waals surface area contributed by atoms with E-state index >= 15 is 0 Å². The largest absolute Gasteiger partial charge is 0.312 e. The van der Waals surface area contributed by atoms with E-state index in [1.165, 1.54) is 23.5 Å². The van der Waals surface area contributed by atoms with Gasteiger partial charge in [0.05, 0.1) is 15.1 Å². The van der Waals surface area contributed by atoms with Crippen LogP contribution in [0.4, 0.5) is 10.8 Å². The lowest BCUT2D eigenvalue weighted by Gasteiger charge is -2.16. The van der Waals surface area contributed by atoms with Crippen LogP contribution in [0, 0.1) is 0 Å². The first-order valence-corrected chi connectivity index (χ1v) is 11.5. The zero-order chi connectivity index (χ0) is 20.0. The van der Waals surface area contributed by atoms with Crippen molar-refractivity contribution in [2.24, 2.45) is 0 Å². The van der Waals surface area contributed by atoms with Crippen molar-refractivity contribution in [1.29, 1.82) is 0 Å². The molecule has 1 saturated heterocycles. The van der Waals surface area contributed by atoms with E-state index in [9.17, 15) is 13.2 Å². The maximum Gasteiger partial charge on any atom is 0.263 e. The van der Waals surface area contributed by atoms with Gasteiger partial charge < -0.3 is 4.90 Å². The van der Waals surface area contributed by atoms with E-state index in [-0.39, 0.29) is 10.8 Å². The van der Waals surface area contributed by atoms with Gasteiger partial charge in [0.25, 0.3) is 10.0 Å². The van der Waals surface area contributed by atoms with E-state index in [2.05, 4.69) is 9.71 Å². The number of aromatic nitrogens is 1. The molecule has 0 saturated carbocycles. The van der Waals surface area contributed by atoms with Crippen LogP contribution in [0.3, 0.4) is 0 Å². The molecule has 29 heavy (non-hydrogen) atoms. The molecule has 1 aliphatic rings. The fourth-order valence-electron chi connectivity index (χ4n) is 3.61. The van der Waals surface area contributed by atoms with Gasteiger partial charge in [0.1, 0.15) is 0 Å². The van der Waals surface area contributed by atoms with Gasteiger partial charge in [-0.3, -0.25) is 9.52 Å². The van der Waals surface area contributed by atoms with Crippen molar-refractivity contribution in [1.82, 2.24) is 4.98 Å². The fraction of sp³-hybridized carbons (Fsp3) is 0.143. The molecule has 5 rings (SSSR count). The second kappa shape index (κ2) is 6.82. The van der Waals surface area contributed by atoms with E-state index in [1.54, 1.807) is 17.0 Å². The Balaban J connectivity index is 1.45. The van der Waals surface area contributed by atoms with Crippen molar-refractivity contribution in [3.8, 4) is 0 Å². The van der Waals surface area contributed by atoms with Gasteiger partial charge in [-0.25, -0.2) is 13.4 Å². The minimum atomic E-state index is -3.77. The maximum absolute atomic E-state index is 12.8. The van der Waals surface area contributed by atoms with Gasteiger partial charge in [0, 0.05) is 24.0 Å². The number of anilines is 2. The quantitative estimate of drug-likeness (QED) is 0.528. The Bertz CT molecular complexity index is 1340. The van der Waals surface area contributed by atoms with Crippen molar-refractivity contribution >= 4 is 59.1 Å². The minimum absolute atomic E-state index is 0.0698. The SMILES string of the molecule is O=C1CCCN1c1ccc(S(=O)(=O)Nc2nc3c(ccc4ccccc43)s2)cc1. The van der Waals surface area contributed by atoms with Crippen LogP contribution in [0.5, 0.6) is 0 Å². The van der Waals surface area contributed by atoms with Crippen LogP contribution >= 0.6 is 11.3 Å². The second-order valence-electron chi connectivity index (χ2n) is 6.90. The lowest BCUT2D eigenvalue weighted by atomic mass is 10.1. The van der Waals surface area contributed by atoms with Crippen LogP contribution in [-0.2, 0) is 14.8 Å². The number of hydrogen-bond donors (Lipinski definition) is 1. The number of benzene rings is 3. The van der Waals surface area contributed by atoms with Crippen LogP contribution in [0.2, 0.25) is 0 Å². The van der Waals surface area contributed by atoms with E-state index < -0.39 is 10.0 Å². The Kier molecular flexibility index (Phi) is 4.25. The molecule has 0 aliphatic carbocycles. The predicted octanol–water partition coefficient (Wildman–Crippen LogP) is 4.38. The average molecular weight is 424 g/mol. The molecular weight excluding hydrogens is 406 g/mol. The molecule has 1 amide bonds. The van der Waals surface area contributed by atoms with Gasteiger partial charge in [0.15, 0.2) is 5.13 Å². The van der Waals surface area contributed by atoms with Crippen LogP contribution in [0.15, 0.2) is 65.6 Å². The van der Waals surface area contributed by atoms with Crippen LogP contribution in [-0.4, -0.2) is 25.9 Å². The number of carbonyl (C=O) groups excluding carboxylic acids is 1. The van der Waals surface area contributed by atoms with E-state index in [0.29, 0.717) is 18.1 Å². The smallest absolute Gasteiger partial charge is 0.263 e. The average Bonchev–Trinajstić information content (AvgIpc) is 3.33. The van der Waals surface area contributed by atoms with Crippen LogP contribution in [0.25, 0.3) is 21.0 Å². The summed E-state index contributed by atoms with van der Waals surface area (Å²) in [5.41, 5.74) is 1.51.